The van der Waals surface area contributed by atoms with Crippen LogP contribution < -0.4 is 0 Å². The van der Waals surface area contributed by atoms with Crippen LogP contribution in [0.15, 0.2) is 30.4 Å². The fraction of sp³-hybridized carbons (Fsp3) is 0.429. The second kappa shape index (κ2) is 5.41. The summed E-state index contributed by atoms with van der Waals surface area (Å²) in [6, 6.07) is 6.50. The zero-order valence-electron chi connectivity index (χ0n) is 10.1. The second-order valence-corrected chi connectivity index (χ2v) is 5.50. The van der Waals surface area contributed by atoms with Gasteiger partial charge in [0.2, 0.25) is 0 Å². The van der Waals surface area contributed by atoms with E-state index in [4.69, 9.17) is 0 Å². The summed E-state index contributed by atoms with van der Waals surface area (Å²) in [6.45, 7) is 12.7. The minimum Gasteiger partial charge on any atom is -0.150 e. The van der Waals surface area contributed by atoms with E-state index in [1.807, 2.05) is 11.8 Å². The zero-order chi connectivity index (χ0) is 11.4. The van der Waals surface area contributed by atoms with Gasteiger partial charge in [0.05, 0.1) is 0 Å². The molecule has 0 fully saturated rings. The van der Waals surface area contributed by atoms with Crippen molar-refractivity contribution in [1.82, 2.24) is 0 Å². The van der Waals surface area contributed by atoms with Gasteiger partial charge in [0, 0.05) is 11.0 Å². The first kappa shape index (κ1) is 12.4. The summed E-state index contributed by atoms with van der Waals surface area (Å²) in [4.78, 5) is 0. The molecule has 0 saturated carbocycles. The fourth-order valence-electron chi connectivity index (χ4n) is 1.43. The summed E-state index contributed by atoms with van der Waals surface area (Å²) in [5.74, 6) is 1.09. The molecule has 0 aliphatic carbocycles. The van der Waals surface area contributed by atoms with E-state index in [0.29, 0.717) is 5.25 Å². The Morgan fingerprint density at radius 1 is 1.33 bits per heavy atom. The minimum atomic E-state index is 0.545. The van der Waals surface area contributed by atoms with Gasteiger partial charge in [0.25, 0.3) is 0 Å². The van der Waals surface area contributed by atoms with E-state index >= 15 is 0 Å². The minimum absolute atomic E-state index is 0.545. The first-order chi connectivity index (χ1) is 7.02. The fourth-order valence-corrected chi connectivity index (χ4v) is 2.58. The quantitative estimate of drug-likeness (QED) is 0.673. The molecule has 0 nitrogen and oxygen atoms in total. The third kappa shape index (κ3) is 3.42. The molecule has 0 aliphatic rings. The van der Waals surface area contributed by atoms with Gasteiger partial charge in [-0.3, -0.25) is 0 Å². The Labute approximate surface area is 97.8 Å². The zero-order valence-corrected chi connectivity index (χ0v) is 10.9. The van der Waals surface area contributed by atoms with Crippen molar-refractivity contribution in [2.45, 2.75) is 38.7 Å². The lowest BCUT2D eigenvalue weighted by Gasteiger charge is -2.13. The van der Waals surface area contributed by atoms with E-state index in [2.05, 4.69) is 52.5 Å². The molecule has 1 unspecified atom stereocenters. The van der Waals surface area contributed by atoms with E-state index in [0.717, 1.165) is 5.75 Å². The highest BCUT2D eigenvalue weighted by Crippen LogP contribution is 2.25. The van der Waals surface area contributed by atoms with Crippen molar-refractivity contribution in [1.29, 1.82) is 0 Å². The lowest BCUT2D eigenvalue weighted by atomic mass is 10.1. The van der Waals surface area contributed by atoms with Crippen molar-refractivity contribution in [3.05, 3.63) is 47.0 Å². The molecule has 1 heteroatoms. The highest BCUT2D eigenvalue weighted by molar-refractivity contribution is 7.99. The molecule has 1 aromatic carbocycles. The number of thioether (sulfide) groups is 1. The molecule has 82 valence electrons. The van der Waals surface area contributed by atoms with Gasteiger partial charge in [-0.1, -0.05) is 30.4 Å². The molecule has 1 aromatic rings. The summed E-state index contributed by atoms with van der Waals surface area (Å²) in [7, 11) is 0. The lowest BCUT2D eigenvalue weighted by molar-refractivity contribution is 1.12. The number of aryl methyl sites for hydroxylation is 2. The van der Waals surface area contributed by atoms with Gasteiger partial charge in [0.15, 0.2) is 0 Å². The molecule has 0 aromatic heterocycles. The topological polar surface area (TPSA) is 0 Å². The van der Waals surface area contributed by atoms with Crippen molar-refractivity contribution >= 4 is 11.8 Å². The van der Waals surface area contributed by atoms with Crippen molar-refractivity contribution in [3.63, 3.8) is 0 Å². The Hall–Kier alpha value is -0.690. The van der Waals surface area contributed by atoms with E-state index in [-0.39, 0.29) is 0 Å². The third-order valence-electron chi connectivity index (χ3n) is 2.82. The molecular formula is C14H20S. The van der Waals surface area contributed by atoms with Gasteiger partial charge in [-0.05, 0) is 44.4 Å². The highest BCUT2D eigenvalue weighted by atomic mass is 32.2. The lowest BCUT2D eigenvalue weighted by Crippen LogP contribution is -1.99. The largest absolute Gasteiger partial charge is 0.150 e. The van der Waals surface area contributed by atoms with Crippen molar-refractivity contribution in [3.8, 4) is 0 Å². The molecule has 0 spiro atoms. The second-order valence-electron chi connectivity index (χ2n) is 4.17. The SMILES string of the molecule is C=C(C)C(C)SCc1c(C)cccc1C. The van der Waals surface area contributed by atoms with E-state index in [1.165, 1.54) is 22.3 Å². The molecule has 1 atom stereocenters. The van der Waals surface area contributed by atoms with Crippen molar-refractivity contribution in [2.75, 3.05) is 0 Å². The van der Waals surface area contributed by atoms with Crippen LogP contribution >= 0.6 is 11.8 Å². The maximum Gasteiger partial charge on any atom is 0.0226 e. The summed E-state index contributed by atoms with van der Waals surface area (Å²) < 4.78 is 0. The maximum absolute atomic E-state index is 3.99. The van der Waals surface area contributed by atoms with Gasteiger partial charge < -0.3 is 0 Å². The van der Waals surface area contributed by atoms with E-state index in [9.17, 15) is 0 Å². The van der Waals surface area contributed by atoms with Gasteiger partial charge in [-0.15, -0.1) is 11.8 Å². The smallest absolute Gasteiger partial charge is 0.0226 e. The number of rotatable bonds is 4. The summed E-state index contributed by atoms with van der Waals surface area (Å²) in [6.07, 6.45) is 0. The van der Waals surface area contributed by atoms with Crippen LogP contribution in [-0.4, -0.2) is 5.25 Å². The summed E-state index contributed by atoms with van der Waals surface area (Å²) >= 11 is 1.97. The predicted molar refractivity (Wildman–Crippen MR) is 71.5 cm³/mol. The average molecular weight is 220 g/mol. The maximum atomic E-state index is 3.99. The van der Waals surface area contributed by atoms with Gasteiger partial charge in [0.1, 0.15) is 0 Å². The monoisotopic (exact) mass is 220 g/mol. The average Bonchev–Trinajstić information content (AvgIpc) is 2.16. The molecule has 1 rings (SSSR count). The first-order valence-corrected chi connectivity index (χ1v) is 6.39. The van der Waals surface area contributed by atoms with Crippen LogP contribution in [-0.2, 0) is 5.75 Å². The van der Waals surface area contributed by atoms with Gasteiger partial charge >= 0.3 is 0 Å². The molecular weight excluding hydrogens is 200 g/mol. The Morgan fingerprint density at radius 3 is 2.33 bits per heavy atom. The van der Waals surface area contributed by atoms with Crippen LogP contribution in [0.4, 0.5) is 0 Å². The van der Waals surface area contributed by atoms with E-state index in [1.54, 1.807) is 0 Å². The molecule has 0 amide bonds. The van der Waals surface area contributed by atoms with Crippen molar-refractivity contribution < 1.29 is 0 Å². The molecule has 0 radical (unpaired) electrons. The third-order valence-corrected chi connectivity index (χ3v) is 4.17. The summed E-state index contributed by atoms with van der Waals surface area (Å²) in [5, 5.41) is 0.545. The number of benzene rings is 1. The Bertz CT molecular complexity index is 332. The Balaban J connectivity index is 2.69. The normalized spacial score (nSPS) is 12.5. The molecule has 0 N–H and O–H groups in total. The Kier molecular flexibility index (Phi) is 4.46. The van der Waals surface area contributed by atoms with Gasteiger partial charge in [-0.2, -0.15) is 0 Å². The molecule has 0 bridgehead atoms. The van der Waals surface area contributed by atoms with Crippen LogP contribution in [0.3, 0.4) is 0 Å². The van der Waals surface area contributed by atoms with Gasteiger partial charge in [-0.25, -0.2) is 0 Å². The number of hydrogen-bond acceptors (Lipinski definition) is 1. The predicted octanol–water partition coefficient (Wildman–Crippen LogP) is 4.50. The van der Waals surface area contributed by atoms with Crippen molar-refractivity contribution in [2.24, 2.45) is 0 Å². The van der Waals surface area contributed by atoms with Crippen LogP contribution in [0, 0.1) is 13.8 Å². The molecule has 0 saturated heterocycles. The first-order valence-electron chi connectivity index (χ1n) is 5.34. The van der Waals surface area contributed by atoms with Crippen LogP contribution in [0.5, 0.6) is 0 Å². The Morgan fingerprint density at radius 2 is 1.87 bits per heavy atom. The van der Waals surface area contributed by atoms with Crippen LogP contribution in [0.2, 0.25) is 0 Å². The van der Waals surface area contributed by atoms with E-state index < -0.39 is 0 Å². The van der Waals surface area contributed by atoms with Crippen LogP contribution in [0.25, 0.3) is 0 Å². The molecule has 15 heavy (non-hydrogen) atoms. The standard InChI is InChI=1S/C14H20S/c1-10(2)13(5)15-9-14-11(3)7-6-8-12(14)4/h6-8,13H,1,9H2,2-5H3. The molecule has 0 heterocycles. The van der Waals surface area contributed by atoms with Crippen LogP contribution in [0.1, 0.15) is 30.5 Å². The molecule has 0 aliphatic heterocycles. The highest BCUT2D eigenvalue weighted by Gasteiger charge is 2.06. The number of hydrogen-bond donors (Lipinski definition) is 0. The summed E-state index contributed by atoms with van der Waals surface area (Å²) in [5.41, 5.74) is 5.54.